The normalized spacial score (nSPS) is 11.1. The van der Waals surface area contributed by atoms with E-state index in [-0.39, 0.29) is 5.39 Å². The summed E-state index contributed by atoms with van der Waals surface area (Å²) in [5, 5.41) is 0.185. The Morgan fingerprint density at radius 2 is 1.74 bits per heavy atom. The van der Waals surface area contributed by atoms with Gasteiger partial charge in [0.05, 0.1) is 11.6 Å². The van der Waals surface area contributed by atoms with E-state index in [4.69, 9.17) is 9.15 Å². The number of halogens is 2. The minimum Gasteiger partial charge on any atom is -0.489 e. The van der Waals surface area contributed by atoms with Crippen LogP contribution in [0.5, 0.6) is 5.75 Å². The van der Waals surface area contributed by atoms with Crippen LogP contribution in [-0.4, -0.2) is 0 Å². The van der Waals surface area contributed by atoms with Gasteiger partial charge in [0.1, 0.15) is 17.9 Å². The van der Waals surface area contributed by atoms with Crippen LogP contribution in [0.1, 0.15) is 16.7 Å². The molecule has 0 radical (unpaired) electrons. The molecule has 0 aliphatic heterocycles. The van der Waals surface area contributed by atoms with Crippen LogP contribution in [0.15, 0.2) is 65.3 Å². The fourth-order valence-corrected chi connectivity index (χ4v) is 3.20. The Kier molecular flexibility index (Phi) is 4.40. The quantitative estimate of drug-likeness (QED) is 0.408. The lowest BCUT2D eigenvalue weighted by atomic mass is 10.0. The molecule has 4 rings (SSSR count). The van der Waals surface area contributed by atoms with Gasteiger partial charge in [-0.05, 0) is 48.7 Å². The van der Waals surface area contributed by atoms with Crippen molar-refractivity contribution in [3.63, 3.8) is 0 Å². The van der Waals surface area contributed by atoms with E-state index < -0.39 is 11.6 Å². The third-order valence-corrected chi connectivity index (χ3v) is 4.57. The first kappa shape index (κ1) is 17.3. The van der Waals surface area contributed by atoms with Crippen molar-refractivity contribution in [1.82, 2.24) is 0 Å². The van der Waals surface area contributed by atoms with E-state index in [1.807, 2.05) is 49.4 Å². The summed E-state index contributed by atoms with van der Waals surface area (Å²) >= 11 is 0. The summed E-state index contributed by atoms with van der Waals surface area (Å²) in [6.45, 7) is 4.20. The van der Waals surface area contributed by atoms with Crippen molar-refractivity contribution < 1.29 is 17.9 Å². The van der Waals surface area contributed by atoms with Crippen molar-refractivity contribution in [3.8, 4) is 16.9 Å². The Hall–Kier alpha value is -3.14. The summed E-state index contributed by atoms with van der Waals surface area (Å²) in [4.78, 5) is 0. The first-order valence-corrected chi connectivity index (χ1v) is 8.67. The molecule has 2 nitrogen and oxygen atoms in total. The minimum atomic E-state index is -0.887. The largest absolute Gasteiger partial charge is 0.489 e. The summed E-state index contributed by atoms with van der Waals surface area (Å²) in [6, 6.07) is 16.6. The molecule has 0 bridgehead atoms. The second-order valence-electron chi connectivity index (χ2n) is 6.64. The molecule has 1 heterocycles. The molecule has 0 amide bonds. The van der Waals surface area contributed by atoms with Gasteiger partial charge in [0, 0.05) is 5.56 Å². The van der Waals surface area contributed by atoms with Crippen LogP contribution in [0.25, 0.3) is 22.1 Å². The Morgan fingerprint density at radius 3 is 2.48 bits per heavy atom. The maximum Gasteiger partial charge on any atom is 0.170 e. The molecular weight excluding hydrogens is 346 g/mol. The molecule has 27 heavy (non-hydrogen) atoms. The second kappa shape index (κ2) is 6.88. The SMILES string of the molecule is Cc1cccc(COc2ccc(-c3cc(F)c(F)c4c(C)coc34)cc2)c1. The van der Waals surface area contributed by atoms with Gasteiger partial charge >= 0.3 is 0 Å². The molecule has 0 atom stereocenters. The van der Waals surface area contributed by atoms with Crippen molar-refractivity contribution in [1.29, 1.82) is 0 Å². The zero-order valence-corrected chi connectivity index (χ0v) is 15.1. The van der Waals surface area contributed by atoms with Gasteiger partial charge in [-0.15, -0.1) is 0 Å². The lowest BCUT2D eigenvalue weighted by molar-refractivity contribution is 0.306. The summed E-state index contributed by atoms with van der Waals surface area (Å²) < 4.78 is 39.4. The maximum absolute atomic E-state index is 14.1. The van der Waals surface area contributed by atoms with Crippen molar-refractivity contribution in [3.05, 3.63) is 89.2 Å². The van der Waals surface area contributed by atoms with Crippen LogP contribution in [0, 0.1) is 25.5 Å². The predicted molar refractivity (Wildman–Crippen MR) is 102 cm³/mol. The average Bonchev–Trinajstić information content (AvgIpc) is 3.05. The van der Waals surface area contributed by atoms with E-state index in [2.05, 4.69) is 6.07 Å². The molecule has 0 aliphatic carbocycles. The molecule has 4 aromatic rings. The number of ether oxygens (including phenoxy) is 1. The van der Waals surface area contributed by atoms with Gasteiger partial charge in [0.15, 0.2) is 11.6 Å². The van der Waals surface area contributed by atoms with Gasteiger partial charge in [-0.3, -0.25) is 0 Å². The van der Waals surface area contributed by atoms with E-state index in [0.717, 1.165) is 11.1 Å². The highest BCUT2D eigenvalue weighted by molar-refractivity contribution is 5.94. The smallest absolute Gasteiger partial charge is 0.170 e. The molecule has 136 valence electrons. The van der Waals surface area contributed by atoms with E-state index >= 15 is 0 Å². The molecule has 1 aromatic heterocycles. The second-order valence-corrected chi connectivity index (χ2v) is 6.64. The zero-order chi connectivity index (χ0) is 19.0. The monoisotopic (exact) mass is 364 g/mol. The number of furan rings is 1. The number of hydrogen-bond acceptors (Lipinski definition) is 2. The predicted octanol–water partition coefficient (Wildman–Crippen LogP) is 6.57. The number of hydrogen-bond donors (Lipinski definition) is 0. The first-order valence-electron chi connectivity index (χ1n) is 8.67. The minimum absolute atomic E-state index is 0.185. The fraction of sp³-hybridized carbons (Fsp3) is 0.130. The number of rotatable bonds is 4. The van der Waals surface area contributed by atoms with E-state index in [1.165, 1.54) is 17.9 Å². The number of benzene rings is 3. The number of aryl methyl sites for hydroxylation is 2. The molecule has 0 aliphatic rings. The highest BCUT2D eigenvalue weighted by atomic mass is 19.2. The van der Waals surface area contributed by atoms with Crippen LogP contribution in [0.3, 0.4) is 0 Å². The fourth-order valence-electron chi connectivity index (χ4n) is 3.20. The van der Waals surface area contributed by atoms with Crippen LogP contribution < -0.4 is 4.74 Å². The molecule has 0 fully saturated rings. The topological polar surface area (TPSA) is 22.4 Å². The van der Waals surface area contributed by atoms with Crippen molar-refractivity contribution in [2.24, 2.45) is 0 Å². The summed E-state index contributed by atoms with van der Waals surface area (Å²) in [5.74, 6) is -1.06. The van der Waals surface area contributed by atoms with Crippen molar-refractivity contribution in [2.45, 2.75) is 20.5 Å². The highest BCUT2D eigenvalue weighted by Crippen LogP contribution is 2.35. The van der Waals surface area contributed by atoms with Crippen LogP contribution in [0.4, 0.5) is 8.78 Å². The Bertz CT molecular complexity index is 1110. The summed E-state index contributed by atoms with van der Waals surface area (Å²) in [6.07, 6.45) is 1.44. The number of fused-ring (bicyclic) bond motifs is 1. The highest BCUT2D eigenvalue weighted by Gasteiger charge is 2.18. The van der Waals surface area contributed by atoms with Crippen molar-refractivity contribution >= 4 is 11.0 Å². The molecule has 0 unspecified atom stereocenters. The van der Waals surface area contributed by atoms with Crippen LogP contribution in [-0.2, 0) is 6.61 Å². The molecule has 0 spiro atoms. The molecule has 0 saturated carbocycles. The standard InChI is InChI=1S/C23H18F2O2/c1-14-4-3-5-16(10-14)13-26-18-8-6-17(7-9-18)19-11-20(24)22(25)21-15(2)12-27-23(19)21/h3-12H,13H2,1-2H3. The lowest BCUT2D eigenvalue weighted by Gasteiger charge is -2.09. The molecule has 0 saturated heterocycles. The molecule has 0 N–H and O–H groups in total. The molecular formula is C23H18F2O2. The molecule has 3 aromatic carbocycles. The summed E-state index contributed by atoms with van der Waals surface area (Å²) in [7, 11) is 0. The average molecular weight is 364 g/mol. The van der Waals surface area contributed by atoms with Crippen molar-refractivity contribution in [2.75, 3.05) is 0 Å². The maximum atomic E-state index is 14.1. The first-order chi connectivity index (χ1) is 13.0. The van der Waals surface area contributed by atoms with E-state index in [1.54, 1.807) is 6.92 Å². The van der Waals surface area contributed by atoms with E-state index in [0.29, 0.717) is 29.1 Å². The van der Waals surface area contributed by atoms with Gasteiger partial charge in [-0.2, -0.15) is 0 Å². The third-order valence-electron chi connectivity index (χ3n) is 4.57. The Morgan fingerprint density at radius 1 is 0.963 bits per heavy atom. The molecule has 4 heteroatoms. The summed E-state index contributed by atoms with van der Waals surface area (Å²) in [5.41, 5.74) is 4.44. The third kappa shape index (κ3) is 3.31. The van der Waals surface area contributed by atoms with Crippen LogP contribution in [0.2, 0.25) is 0 Å². The van der Waals surface area contributed by atoms with Gasteiger partial charge in [-0.25, -0.2) is 8.78 Å². The van der Waals surface area contributed by atoms with Crippen LogP contribution >= 0.6 is 0 Å². The zero-order valence-electron chi connectivity index (χ0n) is 15.1. The van der Waals surface area contributed by atoms with Gasteiger partial charge < -0.3 is 9.15 Å². The van der Waals surface area contributed by atoms with Gasteiger partial charge in [0.25, 0.3) is 0 Å². The lowest BCUT2D eigenvalue weighted by Crippen LogP contribution is -1.95. The Balaban J connectivity index is 1.61. The van der Waals surface area contributed by atoms with E-state index in [9.17, 15) is 8.78 Å². The van der Waals surface area contributed by atoms with Gasteiger partial charge in [-0.1, -0.05) is 42.0 Å². The Labute approximate surface area is 156 Å². The van der Waals surface area contributed by atoms with Gasteiger partial charge in [0.2, 0.25) is 0 Å².